The molecule has 0 radical (unpaired) electrons. The SMILES string of the molecule is CCCc1ccc2c(CCC)cc(CCC)c(CCC)c2c1. The standard InChI is InChI=1S/C22H32/c1-5-9-17-13-14-21-19(11-7-3)16-18(10-6-2)20(12-8-4)22(21)15-17/h13-16H,5-12H2,1-4H3. The molecule has 0 spiro atoms. The summed E-state index contributed by atoms with van der Waals surface area (Å²) in [5, 5.41) is 3.05. The molecule has 0 aromatic heterocycles. The van der Waals surface area contributed by atoms with Crippen LogP contribution in [-0.4, -0.2) is 0 Å². The fourth-order valence-corrected chi connectivity index (χ4v) is 3.63. The minimum Gasteiger partial charge on any atom is -0.0651 e. The van der Waals surface area contributed by atoms with Gasteiger partial charge < -0.3 is 0 Å². The Morgan fingerprint density at radius 3 is 1.86 bits per heavy atom. The van der Waals surface area contributed by atoms with Crippen molar-refractivity contribution in [3.8, 4) is 0 Å². The molecule has 0 heteroatoms. The number of aryl methyl sites for hydroxylation is 4. The molecule has 2 aromatic carbocycles. The van der Waals surface area contributed by atoms with Crippen molar-refractivity contribution in [1.29, 1.82) is 0 Å². The molecular formula is C22H32. The summed E-state index contributed by atoms with van der Waals surface area (Å²) >= 11 is 0. The molecule has 0 aliphatic rings. The second-order valence-corrected chi connectivity index (χ2v) is 6.55. The van der Waals surface area contributed by atoms with Gasteiger partial charge in [-0.05, 0) is 58.7 Å². The topological polar surface area (TPSA) is 0 Å². The average Bonchev–Trinajstić information content (AvgIpc) is 2.51. The first-order chi connectivity index (χ1) is 10.7. The van der Waals surface area contributed by atoms with E-state index < -0.39 is 0 Å². The molecule has 0 N–H and O–H groups in total. The quantitative estimate of drug-likeness (QED) is 0.511. The van der Waals surface area contributed by atoms with Crippen molar-refractivity contribution in [2.24, 2.45) is 0 Å². The molecule has 0 bridgehead atoms. The van der Waals surface area contributed by atoms with Gasteiger partial charge in [-0.3, -0.25) is 0 Å². The highest BCUT2D eigenvalue weighted by atomic mass is 14.2. The van der Waals surface area contributed by atoms with E-state index in [0.717, 1.165) is 0 Å². The van der Waals surface area contributed by atoms with Gasteiger partial charge >= 0.3 is 0 Å². The highest BCUT2D eigenvalue weighted by molar-refractivity contribution is 5.90. The van der Waals surface area contributed by atoms with E-state index in [1.807, 2.05) is 0 Å². The van der Waals surface area contributed by atoms with E-state index in [9.17, 15) is 0 Å². The van der Waals surface area contributed by atoms with E-state index in [2.05, 4.69) is 52.0 Å². The zero-order valence-electron chi connectivity index (χ0n) is 15.0. The van der Waals surface area contributed by atoms with Crippen LogP contribution >= 0.6 is 0 Å². The predicted octanol–water partition coefficient (Wildman–Crippen LogP) is 6.65. The minimum atomic E-state index is 1.20. The van der Waals surface area contributed by atoms with Crippen LogP contribution in [0.5, 0.6) is 0 Å². The van der Waals surface area contributed by atoms with Crippen LogP contribution in [0.2, 0.25) is 0 Å². The summed E-state index contributed by atoms with van der Waals surface area (Å²) in [4.78, 5) is 0. The van der Waals surface area contributed by atoms with Gasteiger partial charge in [0.25, 0.3) is 0 Å². The first-order valence-electron chi connectivity index (χ1n) is 9.31. The van der Waals surface area contributed by atoms with Crippen molar-refractivity contribution >= 4 is 10.8 Å². The van der Waals surface area contributed by atoms with Crippen LogP contribution in [0.4, 0.5) is 0 Å². The Bertz CT molecular complexity index is 607. The molecule has 0 nitrogen and oxygen atoms in total. The Balaban J connectivity index is 2.67. The summed E-state index contributed by atoms with van der Waals surface area (Å²) in [5.74, 6) is 0. The zero-order chi connectivity index (χ0) is 15.9. The van der Waals surface area contributed by atoms with Gasteiger partial charge in [-0.15, -0.1) is 0 Å². The van der Waals surface area contributed by atoms with Crippen LogP contribution in [0.3, 0.4) is 0 Å². The lowest BCUT2D eigenvalue weighted by Gasteiger charge is -2.17. The first kappa shape index (κ1) is 17.1. The molecule has 0 heterocycles. The molecule has 22 heavy (non-hydrogen) atoms. The van der Waals surface area contributed by atoms with E-state index in [1.54, 1.807) is 22.1 Å². The van der Waals surface area contributed by atoms with Crippen LogP contribution in [0, 0.1) is 0 Å². The van der Waals surface area contributed by atoms with Crippen molar-refractivity contribution in [1.82, 2.24) is 0 Å². The summed E-state index contributed by atoms with van der Waals surface area (Å²) in [7, 11) is 0. The zero-order valence-corrected chi connectivity index (χ0v) is 15.0. The molecule has 2 aromatic rings. The number of rotatable bonds is 8. The Morgan fingerprint density at radius 1 is 0.591 bits per heavy atom. The average molecular weight is 296 g/mol. The highest BCUT2D eigenvalue weighted by Crippen LogP contribution is 2.30. The van der Waals surface area contributed by atoms with Crippen molar-refractivity contribution in [3.63, 3.8) is 0 Å². The van der Waals surface area contributed by atoms with E-state index in [1.165, 1.54) is 62.3 Å². The smallest absolute Gasteiger partial charge is 0.0144 e. The molecule has 0 fully saturated rings. The van der Waals surface area contributed by atoms with E-state index in [4.69, 9.17) is 0 Å². The van der Waals surface area contributed by atoms with Gasteiger partial charge in [0.05, 0.1) is 0 Å². The number of hydrogen-bond donors (Lipinski definition) is 0. The number of fused-ring (bicyclic) bond motifs is 1. The highest BCUT2D eigenvalue weighted by Gasteiger charge is 2.11. The first-order valence-corrected chi connectivity index (χ1v) is 9.31. The monoisotopic (exact) mass is 296 g/mol. The number of benzene rings is 2. The van der Waals surface area contributed by atoms with E-state index in [0.29, 0.717) is 0 Å². The maximum atomic E-state index is 2.51. The Labute approximate surface area is 136 Å². The molecule has 120 valence electrons. The van der Waals surface area contributed by atoms with Crippen LogP contribution in [0.1, 0.15) is 75.6 Å². The van der Waals surface area contributed by atoms with Crippen molar-refractivity contribution in [3.05, 3.63) is 46.5 Å². The van der Waals surface area contributed by atoms with Crippen LogP contribution in [0.15, 0.2) is 24.3 Å². The third kappa shape index (κ3) is 3.72. The summed E-state index contributed by atoms with van der Waals surface area (Å²) in [6, 6.07) is 9.74. The Kier molecular flexibility index (Phi) is 6.49. The summed E-state index contributed by atoms with van der Waals surface area (Å²) in [6.07, 6.45) is 9.76. The van der Waals surface area contributed by atoms with Gasteiger partial charge in [0, 0.05) is 0 Å². The normalized spacial score (nSPS) is 11.3. The van der Waals surface area contributed by atoms with Crippen molar-refractivity contribution in [2.45, 2.75) is 79.1 Å². The third-order valence-corrected chi connectivity index (χ3v) is 4.57. The van der Waals surface area contributed by atoms with Gasteiger partial charge in [0.15, 0.2) is 0 Å². The summed E-state index contributed by atoms with van der Waals surface area (Å²) in [6.45, 7) is 9.16. The van der Waals surface area contributed by atoms with Crippen molar-refractivity contribution in [2.75, 3.05) is 0 Å². The maximum Gasteiger partial charge on any atom is -0.0144 e. The molecule has 2 rings (SSSR count). The molecule has 0 atom stereocenters. The van der Waals surface area contributed by atoms with Gasteiger partial charge in [-0.25, -0.2) is 0 Å². The van der Waals surface area contributed by atoms with Gasteiger partial charge in [0.2, 0.25) is 0 Å². The summed E-state index contributed by atoms with van der Waals surface area (Å²) in [5.41, 5.74) is 6.29. The van der Waals surface area contributed by atoms with Crippen molar-refractivity contribution < 1.29 is 0 Å². The van der Waals surface area contributed by atoms with Gasteiger partial charge in [0.1, 0.15) is 0 Å². The molecule has 0 amide bonds. The van der Waals surface area contributed by atoms with Gasteiger partial charge in [-0.1, -0.05) is 77.6 Å². The van der Waals surface area contributed by atoms with Crippen LogP contribution in [0.25, 0.3) is 10.8 Å². The predicted molar refractivity (Wildman–Crippen MR) is 99.9 cm³/mol. The maximum absolute atomic E-state index is 2.51. The minimum absolute atomic E-state index is 1.20. The molecule has 0 saturated carbocycles. The Morgan fingerprint density at radius 2 is 1.23 bits per heavy atom. The lowest BCUT2D eigenvalue weighted by atomic mass is 9.88. The lowest BCUT2D eigenvalue weighted by Crippen LogP contribution is -2.00. The lowest BCUT2D eigenvalue weighted by molar-refractivity contribution is 0.858. The Hall–Kier alpha value is -1.30. The van der Waals surface area contributed by atoms with Crippen LogP contribution in [-0.2, 0) is 25.7 Å². The van der Waals surface area contributed by atoms with Crippen LogP contribution < -0.4 is 0 Å². The fraction of sp³-hybridized carbons (Fsp3) is 0.545. The molecular weight excluding hydrogens is 264 g/mol. The second kappa shape index (κ2) is 8.36. The molecule has 0 aliphatic carbocycles. The summed E-state index contributed by atoms with van der Waals surface area (Å²) < 4.78 is 0. The largest absolute Gasteiger partial charge is 0.0651 e. The second-order valence-electron chi connectivity index (χ2n) is 6.55. The molecule has 0 aliphatic heterocycles. The van der Waals surface area contributed by atoms with E-state index in [-0.39, 0.29) is 0 Å². The van der Waals surface area contributed by atoms with E-state index >= 15 is 0 Å². The number of hydrogen-bond acceptors (Lipinski definition) is 0. The molecule has 0 saturated heterocycles. The third-order valence-electron chi connectivity index (χ3n) is 4.57. The van der Waals surface area contributed by atoms with Gasteiger partial charge in [-0.2, -0.15) is 0 Å². The fourth-order valence-electron chi connectivity index (χ4n) is 3.63. The molecule has 0 unspecified atom stereocenters.